The van der Waals surface area contributed by atoms with Crippen LogP contribution < -0.4 is 20.1 Å². The van der Waals surface area contributed by atoms with Crippen LogP contribution in [0, 0.1) is 0 Å². The molecule has 20 heavy (non-hydrogen) atoms. The molecule has 2 N–H and O–H groups in total. The Kier molecular flexibility index (Phi) is 5.11. The SMILES string of the molecule is COc1ncnc(OC)c1C(=O)NC1CCCNCC1. The van der Waals surface area contributed by atoms with Crippen molar-refractivity contribution in [3.8, 4) is 11.8 Å². The van der Waals surface area contributed by atoms with Gasteiger partial charge in [-0.3, -0.25) is 4.79 Å². The summed E-state index contributed by atoms with van der Waals surface area (Å²) in [5.74, 6) is 0.188. The molecule has 1 atom stereocenters. The minimum atomic E-state index is -0.258. The molecular formula is C13H20N4O3. The van der Waals surface area contributed by atoms with E-state index in [1.807, 2.05) is 0 Å². The Labute approximate surface area is 118 Å². The number of nitrogens with one attached hydrogen (secondary N) is 2. The number of hydrogen-bond acceptors (Lipinski definition) is 6. The van der Waals surface area contributed by atoms with Crippen LogP contribution >= 0.6 is 0 Å². The third-order valence-corrected chi connectivity index (χ3v) is 3.30. The first-order chi connectivity index (χ1) is 9.76. The number of carbonyl (C=O) groups is 1. The van der Waals surface area contributed by atoms with Crippen molar-refractivity contribution in [2.45, 2.75) is 25.3 Å². The number of rotatable bonds is 4. The van der Waals surface area contributed by atoms with Crippen molar-refractivity contribution >= 4 is 5.91 Å². The summed E-state index contributed by atoms with van der Waals surface area (Å²) >= 11 is 0. The van der Waals surface area contributed by atoms with E-state index in [2.05, 4.69) is 20.6 Å². The molecule has 0 aromatic carbocycles. The molecule has 7 nitrogen and oxygen atoms in total. The average Bonchev–Trinajstić information content (AvgIpc) is 2.74. The highest BCUT2D eigenvalue weighted by molar-refractivity contribution is 5.98. The Hall–Kier alpha value is -1.89. The molecule has 1 unspecified atom stereocenters. The second-order valence-corrected chi connectivity index (χ2v) is 4.62. The average molecular weight is 280 g/mol. The molecule has 0 spiro atoms. The highest BCUT2D eigenvalue weighted by Crippen LogP contribution is 2.23. The van der Waals surface area contributed by atoms with Gasteiger partial charge in [0.25, 0.3) is 5.91 Å². The highest BCUT2D eigenvalue weighted by Gasteiger charge is 2.23. The van der Waals surface area contributed by atoms with Crippen LogP contribution in [0.1, 0.15) is 29.6 Å². The van der Waals surface area contributed by atoms with Crippen LogP contribution in [0.5, 0.6) is 11.8 Å². The lowest BCUT2D eigenvalue weighted by Crippen LogP contribution is -2.36. The van der Waals surface area contributed by atoms with E-state index in [0.29, 0.717) is 0 Å². The van der Waals surface area contributed by atoms with Crippen molar-refractivity contribution in [1.82, 2.24) is 20.6 Å². The van der Waals surface area contributed by atoms with Gasteiger partial charge in [0.05, 0.1) is 14.2 Å². The van der Waals surface area contributed by atoms with Gasteiger partial charge in [0.1, 0.15) is 6.33 Å². The Bertz CT molecular complexity index is 437. The van der Waals surface area contributed by atoms with Gasteiger partial charge in [0.2, 0.25) is 11.8 Å². The van der Waals surface area contributed by atoms with Crippen molar-refractivity contribution in [3.05, 3.63) is 11.9 Å². The van der Waals surface area contributed by atoms with Crippen molar-refractivity contribution in [1.29, 1.82) is 0 Å². The van der Waals surface area contributed by atoms with Crippen molar-refractivity contribution in [3.63, 3.8) is 0 Å². The predicted octanol–water partition coefficient (Wildman–Crippen LogP) is 0.366. The topological polar surface area (TPSA) is 85.4 Å². The lowest BCUT2D eigenvalue weighted by molar-refractivity contribution is 0.0926. The van der Waals surface area contributed by atoms with E-state index in [-0.39, 0.29) is 29.3 Å². The minimum Gasteiger partial charge on any atom is -0.480 e. The largest absolute Gasteiger partial charge is 0.480 e. The highest BCUT2D eigenvalue weighted by atomic mass is 16.5. The van der Waals surface area contributed by atoms with Crippen molar-refractivity contribution in [2.75, 3.05) is 27.3 Å². The van der Waals surface area contributed by atoms with E-state index in [0.717, 1.165) is 32.4 Å². The fourth-order valence-corrected chi connectivity index (χ4v) is 2.28. The molecule has 0 bridgehead atoms. The number of methoxy groups -OCH3 is 2. The molecule has 0 aliphatic carbocycles. The molecule has 0 saturated carbocycles. The molecule has 1 amide bonds. The Morgan fingerprint density at radius 2 is 1.95 bits per heavy atom. The quantitative estimate of drug-likeness (QED) is 0.828. The van der Waals surface area contributed by atoms with Gasteiger partial charge in [-0.15, -0.1) is 0 Å². The summed E-state index contributed by atoms with van der Waals surface area (Å²) in [5.41, 5.74) is 0.245. The zero-order valence-corrected chi connectivity index (χ0v) is 11.8. The van der Waals surface area contributed by atoms with E-state index in [1.54, 1.807) is 0 Å². The maximum absolute atomic E-state index is 12.4. The first kappa shape index (κ1) is 14.5. The first-order valence-corrected chi connectivity index (χ1v) is 6.70. The van der Waals surface area contributed by atoms with Gasteiger partial charge in [-0.1, -0.05) is 0 Å². The number of hydrogen-bond donors (Lipinski definition) is 2. The van der Waals surface area contributed by atoms with Gasteiger partial charge < -0.3 is 20.1 Å². The number of carbonyl (C=O) groups excluding carboxylic acids is 1. The van der Waals surface area contributed by atoms with Crippen LogP contribution in [-0.2, 0) is 0 Å². The summed E-state index contributed by atoms with van der Waals surface area (Å²) in [5, 5.41) is 6.32. The van der Waals surface area contributed by atoms with Gasteiger partial charge in [-0.25, -0.2) is 9.97 Å². The van der Waals surface area contributed by atoms with E-state index < -0.39 is 0 Å². The normalized spacial score (nSPS) is 19.0. The molecular weight excluding hydrogens is 260 g/mol. The van der Waals surface area contributed by atoms with Crippen LogP contribution in [0.4, 0.5) is 0 Å². The molecule has 1 aromatic rings. The van der Waals surface area contributed by atoms with Crippen LogP contribution in [0.25, 0.3) is 0 Å². The third kappa shape index (κ3) is 3.36. The number of ether oxygens (including phenoxy) is 2. The molecule has 110 valence electrons. The summed E-state index contributed by atoms with van der Waals surface area (Å²) in [6, 6.07) is 0.145. The Balaban J connectivity index is 2.15. The lowest BCUT2D eigenvalue weighted by atomic mass is 10.1. The zero-order valence-electron chi connectivity index (χ0n) is 11.8. The second-order valence-electron chi connectivity index (χ2n) is 4.62. The second kappa shape index (κ2) is 7.04. The molecule has 1 aliphatic rings. The molecule has 1 saturated heterocycles. The fourth-order valence-electron chi connectivity index (χ4n) is 2.28. The Morgan fingerprint density at radius 1 is 1.25 bits per heavy atom. The molecule has 2 rings (SSSR count). The summed E-state index contributed by atoms with van der Waals surface area (Å²) in [7, 11) is 2.93. The number of aromatic nitrogens is 2. The maximum atomic E-state index is 12.4. The van der Waals surface area contributed by atoms with E-state index >= 15 is 0 Å². The molecule has 1 aromatic heterocycles. The smallest absolute Gasteiger partial charge is 0.262 e. The number of amides is 1. The maximum Gasteiger partial charge on any atom is 0.262 e. The zero-order chi connectivity index (χ0) is 14.4. The van der Waals surface area contributed by atoms with Gasteiger partial charge in [-0.05, 0) is 32.4 Å². The molecule has 1 fully saturated rings. The number of nitrogens with zero attached hydrogens (tertiary/aromatic N) is 2. The summed E-state index contributed by atoms with van der Waals surface area (Å²) in [6.07, 6.45) is 4.22. The van der Waals surface area contributed by atoms with Crippen LogP contribution in [0.15, 0.2) is 6.33 Å². The van der Waals surface area contributed by atoms with Gasteiger partial charge in [0.15, 0.2) is 5.56 Å². The van der Waals surface area contributed by atoms with E-state index in [4.69, 9.17) is 9.47 Å². The first-order valence-electron chi connectivity index (χ1n) is 6.70. The van der Waals surface area contributed by atoms with Gasteiger partial charge >= 0.3 is 0 Å². The molecule has 0 radical (unpaired) electrons. The summed E-state index contributed by atoms with van der Waals surface area (Å²) in [4.78, 5) is 20.3. The standard InChI is InChI=1S/C13H20N4O3/c1-19-12-10(13(20-2)16-8-15-12)11(18)17-9-4-3-6-14-7-5-9/h8-9,14H,3-7H2,1-2H3,(H,17,18). The van der Waals surface area contributed by atoms with Crippen molar-refractivity contribution in [2.24, 2.45) is 0 Å². The van der Waals surface area contributed by atoms with Crippen molar-refractivity contribution < 1.29 is 14.3 Å². The van der Waals surface area contributed by atoms with Crippen LogP contribution in [0.3, 0.4) is 0 Å². The van der Waals surface area contributed by atoms with Gasteiger partial charge in [-0.2, -0.15) is 0 Å². The fraction of sp³-hybridized carbons (Fsp3) is 0.615. The summed E-state index contributed by atoms with van der Waals surface area (Å²) in [6.45, 7) is 1.90. The third-order valence-electron chi connectivity index (χ3n) is 3.30. The molecule has 7 heteroatoms. The monoisotopic (exact) mass is 280 g/mol. The lowest BCUT2D eigenvalue weighted by Gasteiger charge is -2.17. The van der Waals surface area contributed by atoms with E-state index in [1.165, 1.54) is 20.5 Å². The summed E-state index contributed by atoms with van der Waals surface area (Å²) < 4.78 is 10.2. The predicted molar refractivity (Wildman–Crippen MR) is 73.1 cm³/mol. The van der Waals surface area contributed by atoms with E-state index in [9.17, 15) is 4.79 Å². The minimum absolute atomic E-state index is 0.145. The van der Waals surface area contributed by atoms with Gasteiger partial charge in [0, 0.05) is 6.04 Å². The molecule has 1 aliphatic heterocycles. The van der Waals surface area contributed by atoms with Crippen LogP contribution in [0.2, 0.25) is 0 Å². The van der Waals surface area contributed by atoms with Crippen LogP contribution in [-0.4, -0.2) is 49.2 Å². The Morgan fingerprint density at radius 3 is 2.60 bits per heavy atom. The molecule has 2 heterocycles.